The zero-order valence-electron chi connectivity index (χ0n) is 16.9. The molecule has 0 aliphatic carbocycles. The van der Waals surface area contributed by atoms with Crippen LogP contribution in [0.2, 0.25) is 0 Å². The van der Waals surface area contributed by atoms with Gasteiger partial charge in [0.05, 0.1) is 12.0 Å². The first kappa shape index (κ1) is 17.8. The normalized spacial score (nSPS) is 14.6. The first-order valence-corrected chi connectivity index (χ1v) is 10.3. The summed E-state index contributed by atoms with van der Waals surface area (Å²) in [6.45, 7) is 5.00. The fourth-order valence-electron chi connectivity index (χ4n) is 4.00. The van der Waals surface area contributed by atoms with Crippen molar-refractivity contribution in [3.63, 3.8) is 0 Å². The highest BCUT2D eigenvalue weighted by Gasteiger charge is 2.20. The van der Waals surface area contributed by atoms with Gasteiger partial charge in [-0.1, -0.05) is 18.2 Å². The van der Waals surface area contributed by atoms with Gasteiger partial charge in [0.2, 0.25) is 0 Å². The molecular weight excluding hydrogens is 362 g/mol. The second-order valence-electron chi connectivity index (χ2n) is 7.58. The number of hydrogen-bond donors (Lipinski definition) is 0. The number of anilines is 1. The number of rotatable bonds is 4. The molecule has 0 bridgehead atoms. The van der Waals surface area contributed by atoms with Gasteiger partial charge < -0.3 is 9.47 Å². The minimum atomic E-state index is 0.742. The number of benzene rings is 1. The highest BCUT2D eigenvalue weighted by atomic mass is 15.2. The van der Waals surface area contributed by atoms with Crippen molar-refractivity contribution in [2.45, 2.75) is 32.7 Å². The third-order valence-electron chi connectivity index (χ3n) is 5.57. The molecule has 1 aromatic carbocycles. The molecule has 4 aromatic rings. The van der Waals surface area contributed by atoms with Crippen LogP contribution in [0, 0.1) is 0 Å². The zero-order valence-corrected chi connectivity index (χ0v) is 16.9. The van der Waals surface area contributed by atoms with Gasteiger partial charge in [-0.25, -0.2) is 15.0 Å². The predicted octanol–water partition coefficient (Wildman–Crippen LogP) is 3.90. The number of piperidine rings is 1. The molecule has 1 aliphatic heterocycles. The van der Waals surface area contributed by atoms with Gasteiger partial charge in [-0.05, 0) is 38.3 Å². The zero-order chi connectivity index (χ0) is 19.8. The largest absolute Gasteiger partial charge is 0.355 e. The van der Waals surface area contributed by atoms with E-state index < -0.39 is 0 Å². The van der Waals surface area contributed by atoms with Crippen LogP contribution in [0.4, 0.5) is 5.82 Å². The van der Waals surface area contributed by atoms with E-state index in [1.165, 1.54) is 19.3 Å². The van der Waals surface area contributed by atoms with Crippen molar-refractivity contribution in [3.8, 4) is 22.6 Å². The number of aryl methyl sites for hydroxylation is 2. The lowest BCUT2D eigenvalue weighted by Gasteiger charge is -2.28. The van der Waals surface area contributed by atoms with Crippen molar-refractivity contribution in [2.24, 2.45) is 7.05 Å². The molecule has 0 radical (unpaired) electrons. The van der Waals surface area contributed by atoms with Crippen LogP contribution in [0.15, 0.2) is 42.9 Å². The van der Waals surface area contributed by atoms with E-state index >= 15 is 0 Å². The summed E-state index contributed by atoms with van der Waals surface area (Å²) >= 11 is 0. The Bertz CT molecular complexity index is 1150. The van der Waals surface area contributed by atoms with Gasteiger partial charge in [-0.2, -0.15) is 5.10 Å². The van der Waals surface area contributed by atoms with Crippen LogP contribution in [-0.2, 0) is 13.6 Å². The molecule has 0 spiro atoms. The molecule has 0 unspecified atom stereocenters. The fraction of sp³-hybridized carbons (Fsp3) is 0.364. The van der Waals surface area contributed by atoms with E-state index in [1.807, 2.05) is 36.4 Å². The van der Waals surface area contributed by atoms with Crippen molar-refractivity contribution < 1.29 is 0 Å². The van der Waals surface area contributed by atoms with E-state index in [4.69, 9.17) is 9.97 Å². The summed E-state index contributed by atoms with van der Waals surface area (Å²) in [6, 6.07) is 10.3. The van der Waals surface area contributed by atoms with E-state index in [0.717, 1.165) is 59.3 Å². The summed E-state index contributed by atoms with van der Waals surface area (Å²) < 4.78 is 3.91. The third kappa shape index (κ3) is 3.26. The molecular formula is C22H25N7. The van der Waals surface area contributed by atoms with E-state index in [1.54, 1.807) is 0 Å². The van der Waals surface area contributed by atoms with Gasteiger partial charge >= 0.3 is 0 Å². The molecule has 29 heavy (non-hydrogen) atoms. The quantitative estimate of drug-likeness (QED) is 0.531. The van der Waals surface area contributed by atoms with Crippen molar-refractivity contribution in [1.82, 2.24) is 29.3 Å². The second-order valence-corrected chi connectivity index (χ2v) is 7.58. The molecule has 5 rings (SSSR count). The van der Waals surface area contributed by atoms with Gasteiger partial charge in [-0.3, -0.25) is 4.68 Å². The van der Waals surface area contributed by atoms with E-state index in [2.05, 4.69) is 44.7 Å². The van der Waals surface area contributed by atoms with Gasteiger partial charge in [0.15, 0.2) is 22.8 Å². The lowest BCUT2D eigenvalue weighted by molar-refractivity contribution is 0.574. The number of fused-ring (bicyclic) bond motifs is 1. The molecule has 148 valence electrons. The van der Waals surface area contributed by atoms with Gasteiger partial charge in [-0.15, -0.1) is 0 Å². The number of hydrogen-bond acceptors (Lipinski definition) is 5. The third-order valence-corrected chi connectivity index (χ3v) is 5.57. The summed E-state index contributed by atoms with van der Waals surface area (Å²) in [5, 5.41) is 4.53. The monoisotopic (exact) mass is 387 g/mol. The first-order chi connectivity index (χ1) is 14.2. The Balaban J connectivity index is 1.65. The Hall–Kier alpha value is -3.22. The maximum absolute atomic E-state index is 5.00. The lowest BCUT2D eigenvalue weighted by Crippen LogP contribution is -2.30. The Morgan fingerprint density at radius 3 is 2.59 bits per heavy atom. The molecule has 0 atom stereocenters. The molecule has 0 amide bonds. The average molecular weight is 387 g/mol. The van der Waals surface area contributed by atoms with E-state index in [9.17, 15) is 0 Å². The molecule has 1 fully saturated rings. The van der Waals surface area contributed by atoms with Crippen molar-refractivity contribution >= 4 is 17.0 Å². The van der Waals surface area contributed by atoms with Gasteiger partial charge in [0, 0.05) is 44.0 Å². The number of aromatic nitrogens is 6. The number of nitrogens with zero attached hydrogens (tertiary/aromatic N) is 7. The fourth-order valence-corrected chi connectivity index (χ4v) is 4.00. The summed E-state index contributed by atoms with van der Waals surface area (Å²) in [7, 11) is 1.93. The van der Waals surface area contributed by atoms with Crippen LogP contribution in [0.5, 0.6) is 0 Å². The van der Waals surface area contributed by atoms with Gasteiger partial charge in [0.1, 0.15) is 0 Å². The van der Waals surface area contributed by atoms with Crippen LogP contribution in [0.1, 0.15) is 26.2 Å². The Labute approximate surface area is 170 Å². The van der Waals surface area contributed by atoms with Crippen LogP contribution < -0.4 is 4.90 Å². The van der Waals surface area contributed by atoms with Crippen LogP contribution in [0.25, 0.3) is 33.8 Å². The summed E-state index contributed by atoms with van der Waals surface area (Å²) in [4.78, 5) is 16.9. The minimum Gasteiger partial charge on any atom is -0.355 e. The summed E-state index contributed by atoms with van der Waals surface area (Å²) in [5.74, 6) is 1.70. The maximum atomic E-state index is 5.00. The molecule has 3 aromatic heterocycles. The smallest absolute Gasteiger partial charge is 0.166 e. The van der Waals surface area contributed by atoms with Crippen molar-refractivity contribution in [2.75, 3.05) is 18.0 Å². The van der Waals surface area contributed by atoms with E-state index in [-0.39, 0.29) is 0 Å². The summed E-state index contributed by atoms with van der Waals surface area (Å²) in [6.07, 6.45) is 7.52. The first-order valence-electron chi connectivity index (χ1n) is 10.3. The number of imidazole rings is 1. The van der Waals surface area contributed by atoms with Crippen LogP contribution in [-0.4, -0.2) is 42.4 Å². The Kier molecular flexibility index (Phi) is 4.50. The van der Waals surface area contributed by atoms with Crippen molar-refractivity contribution in [3.05, 3.63) is 42.9 Å². The summed E-state index contributed by atoms with van der Waals surface area (Å²) in [5.41, 5.74) is 4.82. The minimum absolute atomic E-state index is 0.742. The van der Waals surface area contributed by atoms with Gasteiger partial charge in [0.25, 0.3) is 0 Å². The Morgan fingerprint density at radius 2 is 1.83 bits per heavy atom. The molecule has 0 N–H and O–H groups in total. The highest BCUT2D eigenvalue weighted by Crippen LogP contribution is 2.30. The van der Waals surface area contributed by atoms with Crippen LogP contribution >= 0.6 is 0 Å². The van der Waals surface area contributed by atoms with E-state index in [0.29, 0.717) is 0 Å². The maximum Gasteiger partial charge on any atom is 0.166 e. The molecule has 7 heteroatoms. The standard InChI is InChI=1S/C22H25N7/c1-3-28-15-23-19-21(28)24-20(25-22(19)29-11-5-4-6-12-29)17-9-7-8-16(14-17)18-10-13-27(2)26-18/h7-10,13-15H,3-6,11-12H2,1-2H3. The molecule has 0 saturated carbocycles. The molecule has 4 heterocycles. The average Bonchev–Trinajstić information content (AvgIpc) is 3.39. The molecule has 1 aliphatic rings. The van der Waals surface area contributed by atoms with Crippen molar-refractivity contribution in [1.29, 1.82) is 0 Å². The molecule has 7 nitrogen and oxygen atoms in total. The van der Waals surface area contributed by atoms with Crippen LogP contribution in [0.3, 0.4) is 0 Å². The lowest BCUT2D eigenvalue weighted by atomic mass is 10.1. The SMILES string of the molecule is CCn1cnc2c(N3CCCCC3)nc(-c3cccc(-c4ccn(C)n4)c3)nc21. The predicted molar refractivity (Wildman–Crippen MR) is 115 cm³/mol. The topological polar surface area (TPSA) is 64.7 Å². The highest BCUT2D eigenvalue weighted by molar-refractivity contribution is 5.86. The molecule has 1 saturated heterocycles. The Morgan fingerprint density at radius 1 is 1.00 bits per heavy atom. The second kappa shape index (κ2) is 7.31.